The van der Waals surface area contributed by atoms with Crippen molar-refractivity contribution in [2.75, 3.05) is 0 Å². The fourth-order valence-electron chi connectivity index (χ4n) is 8.03. The van der Waals surface area contributed by atoms with Crippen LogP contribution in [0.4, 0.5) is 0 Å². The molecule has 8 rings (SSSR count). The van der Waals surface area contributed by atoms with Gasteiger partial charge in [0.05, 0.1) is 0 Å². The molecule has 0 spiro atoms. The molecular weight excluding hydrogens is 579 g/mol. The quantitative estimate of drug-likeness (QED) is 0.178. The highest BCUT2D eigenvalue weighted by molar-refractivity contribution is 6.99. The number of hydrogen-bond acceptors (Lipinski definition) is 1. The smallest absolute Gasteiger partial charge is 0.247 e. The van der Waals surface area contributed by atoms with Crippen LogP contribution in [-0.4, -0.2) is 12.8 Å². The zero-order valence-electron chi connectivity index (χ0n) is 29.6. The predicted molar refractivity (Wildman–Crippen MR) is 206 cm³/mol. The third kappa shape index (κ3) is 4.92. The summed E-state index contributed by atoms with van der Waals surface area (Å²) in [6.45, 7) is 18.8. The number of benzene rings is 5. The largest absolute Gasteiger partial charge is 0.482 e. The van der Waals surface area contributed by atoms with Gasteiger partial charge < -0.3 is 4.74 Å². The number of rotatable bonds is 3. The summed E-state index contributed by atoms with van der Waals surface area (Å²) < 4.78 is 7.20. The molecule has 0 saturated heterocycles. The summed E-state index contributed by atoms with van der Waals surface area (Å²) in [5, 5.41) is 0. The minimum Gasteiger partial charge on any atom is -0.482 e. The van der Waals surface area contributed by atoms with Crippen LogP contribution >= 0.6 is 0 Å². The molecule has 2 aliphatic heterocycles. The van der Waals surface area contributed by atoms with Gasteiger partial charge in [-0.3, -0.25) is 0 Å². The second-order valence-electron chi connectivity index (χ2n) is 16.6. The first kappa shape index (κ1) is 30.8. The van der Waals surface area contributed by atoms with Gasteiger partial charge in [-0.05, 0) is 84.6 Å². The highest BCUT2D eigenvalue weighted by Crippen LogP contribution is 2.50. The molecule has 0 saturated carbocycles. The van der Waals surface area contributed by atoms with Crippen LogP contribution in [0, 0.1) is 5.41 Å². The summed E-state index contributed by atoms with van der Waals surface area (Å²) >= 11 is 0. The van der Waals surface area contributed by atoms with E-state index in [0.717, 1.165) is 5.75 Å². The Balaban J connectivity index is 1.38. The van der Waals surface area contributed by atoms with Crippen molar-refractivity contribution in [2.45, 2.75) is 72.3 Å². The Bertz CT molecular complexity index is 2050. The lowest BCUT2D eigenvalue weighted by atomic mass is 9.38. The lowest BCUT2D eigenvalue weighted by Crippen LogP contribution is -2.51. The van der Waals surface area contributed by atoms with Crippen molar-refractivity contribution >= 4 is 23.1 Å². The number of hydrogen-bond donors (Lipinski definition) is 0. The maximum atomic E-state index is 7.20. The van der Waals surface area contributed by atoms with Crippen molar-refractivity contribution in [1.29, 1.82) is 0 Å². The molecule has 5 aromatic rings. The monoisotopic (exact) mass is 624 g/mol. The Morgan fingerprint density at radius 2 is 1.12 bits per heavy atom. The predicted octanol–water partition coefficient (Wildman–Crippen LogP) is 9.77. The number of ether oxygens (including phenoxy) is 1. The van der Waals surface area contributed by atoms with E-state index < -0.39 is 0 Å². The molecule has 0 N–H and O–H groups in total. The second kappa shape index (κ2) is 10.7. The molecule has 1 atom stereocenters. The molecule has 0 bridgehead atoms. The molecular formula is C46H45BO. The Hall–Kier alpha value is -4.56. The van der Waals surface area contributed by atoms with Crippen LogP contribution in [-0.2, 0) is 10.8 Å². The normalized spacial score (nSPS) is 17.5. The first-order valence-electron chi connectivity index (χ1n) is 17.5. The highest BCUT2D eigenvalue weighted by Gasteiger charge is 2.46. The fourth-order valence-corrected chi connectivity index (χ4v) is 8.03. The lowest BCUT2D eigenvalue weighted by molar-refractivity contribution is 0.240. The summed E-state index contributed by atoms with van der Waals surface area (Å²) in [7, 11) is 0. The Morgan fingerprint density at radius 1 is 0.583 bits per heavy atom. The standard InChI is InChI=1S/C46H45BO/c1-44(2,3)33-26-38-43(48-42-28-34(45(4,5)6)25-37(42)46(38,7)8)41(27-33)47-39-21-19-31(29-15-11-9-12-16-29)23-35(39)36-24-32(20-22-40(36)47)30-17-13-10-14-18-30/h9-28,42H,1-8H3. The van der Waals surface area contributed by atoms with Crippen LogP contribution in [0.2, 0.25) is 0 Å². The van der Waals surface area contributed by atoms with Crippen molar-refractivity contribution in [1.82, 2.24) is 0 Å². The Kier molecular flexibility index (Phi) is 6.87. The first-order valence-corrected chi connectivity index (χ1v) is 17.5. The first-order chi connectivity index (χ1) is 22.8. The van der Waals surface area contributed by atoms with Gasteiger partial charge in [0.1, 0.15) is 11.9 Å². The van der Waals surface area contributed by atoms with Crippen LogP contribution in [0.15, 0.2) is 132 Å². The molecule has 0 aromatic heterocycles. The van der Waals surface area contributed by atoms with E-state index in [1.807, 2.05) is 0 Å². The molecule has 238 valence electrons. The summed E-state index contributed by atoms with van der Waals surface area (Å²) in [5.41, 5.74) is 16.8. The molecule has 2 heterocycles. The van der Waals surface area contributed by atoms with E-state index in [4.69, 9.17) is 4.74 Å². The molecule has 1 aliphatic carbocycles. The van der Waals surface area contributed by atoms with Gasteiger partial charge in [0.15, 0.2) is 0 Å². The molecule has 1 unspecified atom stereocenters. The van der Waals surface area contributed by atoms with Crippen molar-refractivity contribution in [3.05, 3.63) is 144 Å². The molecule has 0 fully saturated rings. The summed E-state index contributed by atoms with van der Waals surface area (Å²) in [5.74, 6) is 1.06. The van der Waals surface area contributed by atoms with E-state index in [9.17, 15) is 0 Å². The van der Waals surface area contributed by atoms with E-state index in [1.165, 1.54) is 72.0 Å². The van der Waals surface area contributed by atoms with Gasteiger partial charge in [-0.2, -0.15) is 0 Å². The average molecular weight is 625 g/mol. The Labute approximate surface area is 287 Å². The maximum absolute atomic E-state index is 7.20. The van der Waals surface area contributed by atoms with Gasteiger partial charge in [0.2, 0.25) is 6.71 Å². The van der Waals surface area contributed by atoms with Gasteiger partial charge in [0.25, 0.3) is 0 Å². The Morgan fingerprint density at radius 3 is 1.62 bits per heavy atom. The fraction of sp³-hybridized carbons (Fsp3) is 0.261. The molecule has 48 heavy (non-hydrogen) atoms. The van der Waals surface area contributed by atoms with Crippen molar-refractivity contribution in [3.63, 3.8) is 0 Å². The molecule has 0 amide bonds. The molecule has 5 aromatic carbocycles. The SMILES string of the molecule is CC(C)(C)C1=CC2Oc3c(B4c5ccc(-c6ccccc6)cc5-c5cc(-c6ccccc6)ccc54)cc(C(C)(C)C)cc3C(C)(C)C2=C1. The summed E-state index contributed by atoms with van der Waals surface area (Å²) in [6.07, 6.45) is 4.74. The lowest BCUT2D eigenvalue weighted by Gasteiger charge is -2.41. The minimum atomic E-state index is -0.170. The second-order valence-corrected chi connectivity index (χ2v) is 16.6. The minimum absolute atomic E-state index is 0.0197. The van der Waals surface area contributed by atoms with Gasteiger partial charge >= 0.3 is 0 Å². The van der Waals surface area contributed by atoms with Crippen LogP contribution in [0.25, 0.3) is 33.4 Å². The maximum Gasteiger partial charge on any atom is 0.247 e. The topological polar surface area (TPSA) is 9.23 Å². The van der Waals surface area contributed by atoms with Gasteiger partial charge in [0, 0.05) is 11.0 Å². The summed E-state index contributed by atoms with van der Waals surface area (Å²) in [4.78, 5) is 0. The van der Waals surface area contributed by atoms with Crippen LogP contribution < -0.4 is 21.1 Å². The van der Waals surface area contributed by atoms with Crippen molar-refractivity contribution in [2.24, 2.45) is 5.41 Å². The number of allylic oxidation sites excluding steroid dienone is 2. The third-order valence-corrected chi connectivity index (χ3v) is 11.0. The molecule has 3 aliphatic rings. The zero-order chi connectivity index (χ0) is 33.6. The highest BCUT2D eigenvalue weighted by atomic mass is 16.5. The van der Waals surface area contributed by atoms with Gasteiger partial charge in [-0.15, -0.1) is 0 Å². The van der Waals surface area contributed by atoms with Crippen molar-refractivity contribution < 1.29 is 4.74 Å². The molecule has 2 heteroatoms. The van der Waals surface area contributed by atoms with Gasteiger partial charge in [-0.25, -0.2) is 0 Å². The third-order valence-electron chi connectivity index (χ3n) is 11.0. The van der Waals surface area contributed by atoms with E-state index in [2.05, 4.69) is 177 Å². The number of fused-ring (bicyclic) bond motifs is 5. The van der Waals surface area contributed by atoms with Crippen molar-refractivity contribution in [3.8, 4) is 39.1 Å². The average Bonchev–Trinajstić information content (AvgIpc) is 3.65. The van der Waals surface area contributed by atoms with E-state index in [-0.39, 0.29) is 29.1 Å². The van der Waals surface area contributed by atoms with E-state index in [1.54, 1.807) is 0 Å². The van der Waals surface area contributed by atoms with E-state index in [0.29, 0.717) is 0 Å². The molecule has 0 radical (unpaired) electrons. The van der Waals surface area contributed by atoms with Gasteiger partial charge in [-0.1, -0.05) is 169 Å². The zero-order valence-corrected chi connectivity index (χ0v) is 29.6. The van der Waals surface area contributed by atoms with Crippen LogP contribution in [0.1, 0.15) is 66.5 Å². The molecule has 1 nitrogen and oxygen atoms in total. The van der Waals surface area contributed by atoms with Crippen LogP contribution in [0.5, 0.6) is 5.75 Å². The summed E-state index contributed by atoms with van der Waals surface area (Å²) in [6, 6.07) is 40.6. The van der Waals surface area contributed by atoms with Crippen LogP contribution in [0.3, 0.4) is 0 Å². The van der Waals surface area contributed by atoms with E-state index >= 15 is 0 Å².